The molecule has 204 valence electrons. The molecule has 1 aromatic heterocycles. The van der Waals surface area contributed by atoms with Crippen molar-refractivity contribution in [2.45, 2.75) is 19.5 Å². The number of nitrogens with one attached hydrogen (secondary N) is 3. The Morgan fingerprint density at radius 2 is 1.71 bits per heavy atom. The van der Waals surface area contributed by atoms with Gasteiger partial charge < -0.3 is 30.5 Å². The molecule has 9 nitrogen and oxygen atoms in total. The highest BCUT2D eigenvalue weighted by molar-refractivity contribution is 5.96. The van der Waals surface area contributed by atoms with Gasteiger partial charge >= 0.3 is 6.18 Å². The smallest absolute Gasteiger partial charge is 0.416 e. The molecule has 0 unspecified atom stereocenters. The molecule has 2 aromatic carbocycles. The summed E-state index contributed by atoms with van der Waals surface area (Å²) in [7, 11) is 7.45. The number of aromatic nitrogens is 2. The number of benzene rings is 2. The second-order valence-corrected chi connectivity index (χ2v) is 8.79. The largest absolute Gasteiger partial charge is 0.494 e. The molecule has 1 amide bonds. The molecule has 1 heterocycles. The number of nitrogens with zero attached hydrogens (tertiary/aromatic N) is 4. The van der Waals surface area contributed by atoms with Crippen molar-refractivity contribution >= 4 is 40.4 Å². The Morgan fingerprint density at radius 1 is 1.00 bits per heavy atom. The first-order chi connectivity index (χ1) is 18.0. The lowest BCUT2D eigenvalue weighted by atomic mass is 10.2. The summed E-state index contributed by atoms with van der Waals surface area (Å²) in [4.78, 5) is 25.0. The first-order valence-electron chi connectivity index (χ1n) is 11.9. The number of methoxy groups -OCH3 is 1. The number of carbonyl (C=O) groups excluding carboxylic acids is 1. The van der Waals surface area contributed by atoms with Crippen LogP contribution in [0, 0.1) is 0 Å². The van der Waals surface area contributed by atoms with Crippen LogP contribution in [0.5, 0.6) is 5.75 Å². The van der Waals surface area contributed by atoms with Gasteiger partial charge in [-0.25, -0.2) is 4.98 Å². The van der Waals surface area contributed by atoms with Crippen LogP contribution in [0.25, 0.3) is 0 Å². The highest BCUT2D eigenvalue weighted by atomic mass is 19.4. The molecule has 3 N–H and O–H groups in total. The average Bonchev–Trinajstić information content (AvgIpc) is 2.87. The van der Waals surface area contributed by atoms with Gasteiger partial charge in [-0.1, -0.05) is 6.92 Å². The van der Waals surface area contributed by atoms with Gasteiger partial charge in [0.2, 0.25) is 11.9 Å². The number of rotatable bonds is 11. The maximum Gasteiger partial charge on any atom is 0.416 e. The Morgan fingerprint density at radius 3 is 2.32 bits per heavy atom. The summed E-state index contributed by atoms with van der Waals surface area (Å²) in [5.41, 5.74) is 1.61. The Kier molecular flexibility index (Phi) is 9.35. The van der Waals surface area contributed by atoms with E-state index >= 15 is 0 Å². The number of hydrogen-bond donors (Lipinski definition) is 3. The molecule has 0 atom stereocenters. The van der Waals surface area contributed by atoms with Gasteiger partial charge in [0.05, 0.1) is 29.7 Å². The summed E-state index contributed by atoms with van der Waals surface area (Å²) in [5.74, 6) is 0.973. The van der Waals surface area contributed by atoms with Gasteiger partial charge in [-0.3, -0.25) is 4.79 Å². The molecule has 0 spiro atoms. The zero-order valence-corrected chi connectivity index (χ0v) is 22.0. The monoisotopic (exact) mass is 531 g/mol. The van der Waals surface area contributed by atoms with Gasteiger partial charge in [0, 0.05) is 44.5 Å². The van der Waals surface area contributed by atoms with E-state index in [0.717, 1.165) is 30.9 Å². The first-order valence-corrected chi connectivity index (χ1v) is 11.9. The standard InChI is InChI=1S/C26H32F3N7O2/c1-6-24(37)32-19-15-20(22(38-5)16-21(19)36(4)14-13-35(2)3)33-25-30-12-11-23(34-25)31-18-9-7-17(8-10-18)26(27,28)29/h7-12,15-16H,6,13-14H2,1-5H3,(H,32,37)(H2,30,31,33,34). The van der Waals surface area contributed by atoms with Gasteiger partial charge in [0.25, 0.3) is 0 Å². The molecular formula is C26H32F3N7O2. The topological polar surface area (TPSA) is 94.6 Å². The predicted octanol–water partition coefficient (Wildman–Crippen LogP) is 5.34. The van der Waals surface area contributed by atoms with E-state index in [0.29, 0.717) is 35.1 Å². The lowest BCUT2D eigenvalue weighted by molar-refractivity contribution is -0.137. The van der Waals surface area contributed by atoms with E-state index in [1.807, 2.05) is 32.1 Å². The van der Waals surface area contributed by atoms with Crippen LogP contribution in [0.2, 0.25) is 0 Å². The fourth-order valence-electron chi connectivity index (χ4n) is 3.46. The molecule has 0 aliphatic rings. The van der Waals surface area contributed by atoms with E-state index in [1.165, 1.54) is 25.4 Å². The second kappa shape index (κ2) is 12.5. The third kappa shape index (κ3) is 7.72. The molecule has 0 saturated carbocycles. The Labute approximate surface area is 220 Å². The fraction of sp³-hybridized carbons (Fsp3) is 0.346. The predicted molar refractivity (Wildman–Crippen MR) is 144 cm³/mol. The van der Waals surface area contributed by atoms with Crippen molar-refractivity contribution in [2.75, 3.05) is 62.2 Å². The van der Waals surface area contributed by atoms with Gasteiger partial charge in [-0.15, -0.1) is 0 Å². The SMILES string of the molecule is CCC(=O)Nc1cc(Nc2nccc(Nc3ccc(C(F)(F)F)cc3)n2)c(OC)cc1N(C)CCN(C)C. The molecule has 0 aliphatic heterocycles. The minimum Gasteiger partial charge on any atom is -0.494 e. The van der Waals surface area contributed by atoms with Crippen LogP contribution in [0.1, 0.15) is 18.9 Å². The quantitative estimate of drug-likeness (QED) is 0.305. The molecule has 0 saturated heterocycles. The molecule has 12 heteroatoms. The Hall–Kier alpha value is -4.06. The minimum atomic E-state index is -4.41. The zero-order valence-electron chi connectivity index (χ0n) is 22.0. The fourth-order valence-corrected chi connectivity index (χ4v) is 3.46. The zero-order chi connectivity index (χ0) is 27.9. The van der Waals surface area contributed by atoms with Gasteiger partial charge in [-0.05, 0) is 50.5 Å². The number of carbonyl (C=O) groups is 1. The molecular weight excluding hydrogens is 499 g/mol. The van der Waals surface area contributed by atoms with Crippen LogP contribution >= 0.6 is 0 Å². The third-order valence-electron chi connectivity index (χ3n) is 5.59. The number of hydrogen-bond acceptors (Lipinski definition) is 8. The van der Waals surface area contributed by atoms with Crippen molar-refractivity contribution in [3.05, 3.63) is 54.2 Å². The molecule has 0 bridgehead atoms. The summed E-state index contributed by atoms with van der Waals surface area (Å²) in [6.45, 7) is 3.31. The molecule has 0 aliphatic carbocycles. The summed E-state index contributed by atoms with van der Waals surface area (Å²) in [5, 5.41) is 9.03. The number of alkyl halides is 3. The highest BCUT2D eigenvalue weighted by Crippen LogP contribution is 2.38. The lowest BCUT2D eigenvalue weighted by Crippen LogP contribution is -2.29. The van der Waals surface area contributed by atoms with Crippen LogP contribution in [-0.2, 0) is 11.0 Å². The maximum atomic E-state index is 12.8. The Bertz CT molecular complexity index is 1230. The molecule has 0 fully saturated rings. The van der Waals surface area contributed by atoms with E-state index in [2.05, 4.69) is 30.8 Å². The average molecular weight is 532 g/mol. The summed E-state index contributed by atoms with van der Waals surface area (Å²) < 4.78 is 44.1. The van der Waals surface area contributed by atoms with Crippen molar-refractivity contribution < 1.29 is 22.7 Å². The van der Waals surface area contributed by atoms with Crippen LogP contribution in [0.4, 0.5) is 47.7 Å². The molecule has 0 radical (unpaired) electrons. The van der Waals surface area contributed by atoms with E-state index in [-0.39, 0.29) is 11.9 Å². The van der Waals surface area contributed by atoms with E-state index in [1.54, 1.807) is 19.1 Å². The normalized spacial score (nSPS) is 11.3. The Balaban J connectivity index is 1.87. The van der Waals surface area contributed by atoms with Crippen LogP contribution in [0.15, 0.2) is 48.7 Å². The van der Waals surface area contributed by atoms with Crippen molar-refractivity contribution in [2.24, 2.45) is 0 Å². The van der Waals surface area contributed by atoms with Gasteiger partial charge in [0.1, 0.15) is 11.6 Å². The molecule has 3 aromatic rings. The minimum absolute atomic E-state index is 0.137. The second-order valence-electron chi connectivity index (χ2n) is 8.79. The van der Waals surface area contributed by atoms with Crippen LogP contribution in [0.3, 0.4) is 0 Å². The number of amides is 1. The van der Waals surface area contributed by atoms with Crippen molar-refractivity contribution in [1.82, 2.24) is 14.9 Å². The van der Waals surface area contributed by atoms with Crippen molar-refractivity contribution in [3.63, 3.8) is 0 Å². The number of ether oxygens (including phenoxy) is 1. The van der Waals surface area contributed by atoms with Crippen molar-refractivity contribution in [3.8, 4) is 5.75 Å². The summed E-state index contributed by atoms with van der Waals surface area (Å²) in [6, 6.07) is 9.83. The maximum absolute atomic E-state index is 12.8. The molecule has 3 rings (SSSR count). The van der Waals surface area contributed by atoms with E-state index < -0.39 is 11.7 Å². The van der Waals surface area contributed by atoms with E-state index in [4.69, 9.17) is 4.74 Å². The van der Waals surface area contributed by atoms with Crippen LogP contribution in [-0.4, -0.2) is 62.1 Å². The number of anilines is 6. The van der Waals surface area contributed by atoms with E-state index in [9.17, 15) is 18.0 Å². The number of likely N-dealkylation sites (N-methyl/N-ethyl adjacent to an activating group) is 2. The summed E-state index contributed by atoms with van der Waals surface area (Å²) in [6.07, 6.45) is -2.58. The number of halogens is 3. The third-order valence-corrected chi connectivity index (χ3v) is 5.59. The van der Waals surface area contributed by atoms with Crippen LogP contribution < -0.4 is 25.6 Å². The van der Waals surface area contributed by atoms with Gasteiger partial charge in [0.15, 0.2) is 0 Å². The highest BCUT2D eigenvalue weighted by Gasteiger charge is 2.30. The summed E-state index contributed by atoms with van der Waals surface area (Å²) >= 11 is 0. The lowest BCUT2D eigenvalue weighted by Gasteiger charge is -2.26. The van der Waals surface area contributed by atoms with Crippen molar-refractivity contribution in [1.29, 1.82) is 0 Å². The molecule has 38 heavy (non-hydrogen) atoms. The first kappa shape index (κ1) is 28.5. The van der Waals surface area contributed by atoms with Gasteiger partial charge in [-0.2, -0.15) is 18.2 Å².